The predicted octanol–water partition coefficient (Wildman–Crippen LogP) is 0.864. The summed E-state index contributed by atoms with van der Waals surface area (Å²) in [6, 6.07) is 10.4. The van der Waals surface area contributed by atoms with Gasteiger partial charge in [0.15, 0.2) is 0 Å². The number of rotatable bonds is 4. The van der Waals surface area contributed by atoms with Crippen molar-refractivity contribution in [1.82, 2.24) is 0 Å². The molecule has 2 N–H and O–H groups in total. The lowest BCUT2D eigenvalue weighted by atomic mass is 9.98. The first-order chi connectivity index (χ1) is 8.17. The Labute approximate surface area is 103 Å². The molecule has 3 nitrogen and oxygen atoms in total. The van der Waals surface area contributed by atoms with E-state index < -0.39 is 0 Å². The highest BCUT2D eigenvalue weighted by Gasteiger charge is 2.41. The van der Waals surface area contributed by atoms with Crippen LogP contribution in [0.25, 0.3) is 0 Å². The van der Waals surface area contributed by atoms with E-state index in [0.29, 0.717) is 0 Å². The molecular formula is C14H22NO2+. The predicted molar refractivity (Wildman–Crippen MR) is 67.2 cm³/mol. The fraction of sp³-hybridized carbons (Fsp3) is 0.571. The maximum Gasteiger partial charge on any atom is 0.104 e. The molecule has 0 amide bonds. The van der Waals surface area contributed by atoms with Crippen molar-refractivity contribution in [2.24, 2.45) is 11.8 Å². The van der Waals surface area contributed by atoms with Crippen molar-refractivity contribution in [1.29, 1.82) is 0 Å². The van der Waals surface area contributed by atoms with Gasteiger partial charge in [0.2, 0.25) is 0 Å². The van der Waals surface area contributed by atoms with E-state index in [9.17, 15) is 10.2 Å². The van der Waals surface area contributed by atoms with Gasteiger partial charge in [-0.05, 0) is 0 Å². The second-order valence-electron chi connectivity index (χ2n) is 5.51. The zero-order chi connectivity index (χ0) is 12.3. The summed E-state index contributed by atoms with van der Waals surface area (Å²) in [6.07, 6.45) is 0. The molecule has 1 fully saturated rings. The Morgan fingerprint density at radius 2 is 1.59 bits per heavy atom. The van der Waals surface area contributed by atoms with Crippen LogP contribution in [0.4, 0.5) is 0 Å². The second kappa shape index (κ2) is 5.17. The first kappa shape index (κ1) is 12.6. The van der Waals surface area contributed by atoms with Crippen molar-refractivity contribution >= 4 is 0 Å². The van der Waals surface area contributed by atoms with Crippen LogP contribution in [0.1, 0.15) is 5.56 Å². The molecule has 0 spiro atoms. The monoisotopic (exact) mass is 236 g/mol. The number of hydrogen-bond donors (Lipinski definition) is 2. The van der Waals surface area contributed by atoms with Crippen LogP contribution in [0.3, 0.4) is 0 Å². The quantitative estimate of drug-likeness (QED) is 0.761. The van der Waals surface area contributed by atoms with Gasteiger partial charge in [0.25, 0.3) is 0 Å². The maximum absolute atomic E-state index is 9.34. The van der Waals surface area contributed by atoms with E-state index in [0.717, 1.165) is 24.1 Å². The Hall–Kier alpha value is -0.900. The summed E-state index contributed by atoms with van der Waals surface area (Å²) in [4.78, 5) is 0. The Balaban J connectivity index is 2.06. The third-order valence-electron chi connectivity index (χ3n) is 3.89. The lowest BCUT2D eigenvalue weighted by Gasteiger charge is -2.30. The highest BCUT2D eigenvalue weighted by Crippen LogP contribution is 2.29. The van der Waals surface area contributed by atoms with Gasteiger partial charge in [-0.15, -0.1) is 0 Å². The Kier molecular flexibility index (Phi) is 3.82. The third kappa shape index (κ3) is 2.86. The zero-order valence-corrected chi connectivity index (χ0v) is 10.4. The maximum atomic E-state index is 9.34. The first-order valence-electron chi connectivity index (χ1n) is 6.26. The normalized spacial score (nSPS) is 27.2. The van der Waals surface area contributed by atoms with Gasteiger partial charge < -0.3 is 14.7 Å². The lowest BCUT2D eigenvalue weighted by molar-refractivity contribution is -0.913. The summed E-state index contributed by atoms with van der Waals surface area (Å²) in [5.74, 6) is 0.488. The number of quaternary nitrogens is 1. The molecule has 94 valence electrons. The molecule has 2 atom stereocenters. The Bertz CT molecular complexity index is 340. The zero-order valence-electron chi connectivity index (χ0n) is 10.4. The van der Waals surface area contributed by atoms with Crippen LogP contribution in [0.5, 0.6) is 0 Å². The topological polar surface area (TPSA) is 40.5 Å². The smallest absolute Gasteiger partial charge is 0.104 e. The van der Waals surface area contributed by atoms with E-state index in [1.807, 2.05) is 6.07 Å². The summed E-state index contributed by atoms with van der Waals surface area (Å²) in [7, 11) is 2.21. The fourth-order valence-electron chi connectivity index (χ4n) is 3.07. The van der Waals surface area contributed by atoms with Gasteiger partial charge in [0.05, 0.1) is 33.4 Å². The molecule has 1 aromatic rings. The highest BCUT2D eigenvalue weighted by molar-refractivity contribution is 5.13. The van der Waals surface area contributed by atoms with Crippen LogP contribution in [0, 0.1) is 11.8 Å². The van der Waals surface area contributed by atoms with Gasteiger partial charge in [0, 0.05) is 17.4 Å². The van der Waals surface area contributed by atoms with Crippen LogP contribution < -0.4 is 0 Å². The van der Waals surface area contributed by atoms with Crippen molar-refractivity contribution in [3.05, 3.63) is 35.9 Å². The van der Waals surface area contributed by atoms with Crippen molar-refractivity contribution in [3.8, 4) is 0 Å². The van der Waals surface area contributed by atoms with E-state index >= 15 is 0 Å². The van der Waals surface area contributed by atoms with E-state index in [1.54, 1.807) is 0 Å². The van der Waals surface area contributed by atoms with Crippen molar-refractivity contribution < 1.29 is 14.7 Å². The summed E-state index contributed by atoms with van der Waals surface area (Å²) in [5.41, 5.74) is 1.32. The molecule has 0 bridgehead atoms. The first-order valence-corrected chi connectivity index (χ1v) is 6.26. The van der Waals surface area contributed by atoms with Gasteiger partial charge in [-0.25, -0.2) is 0 Å². The molecule has 2 rings (SSSR count). The SMILES string of the molecule is C[N+]1(Cc2ccccc2)C[C@@H](CO)[C@H](CO)C1. The molecule has 0 unspecified atom stereocenters. The van der Waals surface area contributed by atoms with Crippen LogP contribution in [0.2, 0.25) is 0 Å². The van der Waals surface area contributed by atoms with E-state index in [2.05, 4.69) is 31.3 Å². The van der Waals surface area contributed by atoms with Crippen molar-refractivity contribution in [2.45, 2.75) is 6.54 Å². The molecule has 17 heavy (non-hydrogen) atoms. The van der Waals surface area contributed by atoms with Crippen LogP contribution in [-0.4, -0.2) is 48.0 Å². The number of nitrogens with zero attached hydrogens (tertiary/aromatic N) is 1. The number of aliphatic hydroxyl groups excluding tert-OH is 2. The minimum atomic E-state index is 0.188. The lowest BCUT2D eigenvalue weighted by Crippen LogP contribution is -2.41. The molecule has 3 heteroatoms. The standard InChI is InChI=1S/C14H22NO2/c1-15(7-12-5-3-2-4-6-12)8-13(10-16)14(9-15)11-17/h2-6,13-14,16-17H,7-11H2,1H3/q+1/t13-,14-/m0/s1. The molecule has 0 aromatic heterocycles. The van der Waals surface area contributed by atoms with E-state index in [1.165, 1.54) is 5.56 Å². The van der Waals surface area contributed by atoms with E-state index in [4.69, 9.17) is 0 Å². The average Bonchev–Trinajstić information content (AvgIpc) is 2.67. The molecule has 0 saturated carbocycles. The Morgan fingerprint density at radius 1 is 1.06 bits per heavy atom. The molecule has 1 aromatic carbocycles. The number of likely N-dealkylation sites (tertiary alicyclic amines) is 1. The van der Waals surface area contributed by atoms with Crippen molar-refractivity contribution in [3.63, 3.8) is 0 Å². The van der Waals surface area contributed by atoms with Gasteiger partial charge in [-0.2, -0.15) is 0 Å². The van der Waals surface area contributed by atoms with Gasteiger partial charge in [-0.3, -0.25) is 0 Å². The number of benzene rings is 1. The van der Waals surface area contributed by atoms with Crippen LogP contribution in [-0.2, 0) is 6.54 Å². The molecule has 1 aliphatic rings. The molecule has 1 heterocycles. The minimum Gasteiger partial charge on any atom is -0.396 e. The van der Waals surface area contributed by atoms with E-state index in [-0.39, 0.29) is 25.0 Å². The van der Waals surface area contributed by atoms with Gasteiger partial charge >= 0.3 is 0 Å². The van der Waals surface area contributed by atoms with Crippen LogP contribution in [0.15, 0.2) is 30.3 Å². The molecule has 0 radical (unpaired) electrons. The molecular weight excluding hydrogens is 214 g/mol. The Morgan fingerprint density at radius 3 is 2.06 bits per heavy atom. The summed E-state index contributed by atoms with van der Waals surface area (Å²) >= 11 is 0. The number of hydrogen-bond acceptors (Lipinski definition) is 2. The molecule has 0 aliphatic carbocycles. The second-order valence-corrected chi connectivity index (χ2v) is 5.51. The molecule has 1 aliphatic heterocycles. The average molecular weight is 236 g/mol. The third-order valence-corrected chi connectivity index (χ3v) is 3.89. The minimum absolute atomic E-state index is 0.188. The number of aliphatic hydroxyl groups is 2. The fourth-order valence-corrected chi connectivity index (χ4v) is 3.07. The van der Waals surface area contributed by atoms with Gasteiger partial charge in [0.1, 0.15) is 6.54 Å². The highest BCUT2D eigenvalue weighted by atomic mass is 16.3. The summed E-state index contributed by atoms with van der Waals surface area (Å²) in [5, 5.41) is 18.7. The largest absolute Gasteiger partial charge is 0.396 e. The summed E-state index contributed by atoms with van der Waals surface area (Å²) < 4.78 is 0.917. The van der Waals surface area contributed by atoms with Crippen LogP contribution >= 0.6 is 0 Å². The molecule has 1 saturated heterocycles. The van der Waals surface area contributed by atoms with Crippen molar-refractivity contribution in [2.75, 3.05) is 33.4 Å². The summed E-state index contributed by atoms with van der Waals surface area (Å²) in [6.45, 7) is 3.27. The van der Waals surface area contributed by atoms with Gasteiger partial charge in [-0.1, -0.05) is 30.3 Å².